The first-order valence-corrected chi connectivity index (χ1v) is 11.1. The number of aromatic nitrogens is 2. The number of amidine groups is 1. The van der Waals surface area contributed by atoms with E-state index in [0.29, 0.717) is 22.5 Å². The van der Waals surface area contributed by atoms with Gasteiger partial charge >= 0.3 is 0 Å². The molecule has 1 atom stereocenters. The normalized spacial score (nSPS) is 17.7. The SMILES string of the molecule is COc1cnc(C(=O)Cc2cccc(C3(c4ccc(OC)c(C)c4)CSC(N)=N3)c2)cn1. The van der Waals surface area contributed by atoms with Crippen LogP contribution >= 0.6 is 11.8 Å². The number of nitrogens with two attached hydrogens (primary N) is 1. The highest BCUT2D eigenvalue weighted by molar-refractivity contribution is 8.14. The fraction of sp³-hybridized carbons (Fsp3) is 0.250. The third-order valence-electron chi connectivity index (χ3n) is 5.49. The third kappa shape index (κ3) is 4.18. The van der Waals surface area contributed by atoms with Crippen molar-refractivity contribution in [1.82, 2.24) is 9.97 Å². The summed E-state index contributed by atoms with van der Waals surface area (Å²) >= 11 is 1.53. The fourth-order valence-electron chi connectivity index (χ4n) is 3.81. The van der Waals surface area contributed by atoms with Gasteiger partial charge in [-0.3, -0.25) is 4.79 Å². The van der Waals surface area contributed by atoms with Gasteiger partial charge in [-0.05, 0) is 41.3 Å². The van der Waals surface area contributed by atoms with E-state index in [1.807, 2.05) is 43.3 Å². The molecule has 0 spiro atoms. The Morgan fingerprint density at radius 2 is 1.91 bits per heavy atom. The van der Waals surface area contributed by atoms with Crippen LogP contribution in [0.25, 0.3) is 0 Å². The van der Waals surface area contributed by atoms with Gasteiger partial charge in [0, 0.05) is 12.2 Å². The number of methoxy groups -OCH3 is 2. The number of benzene rings is 2. The van der Waals surface area contributed by atoms with E-state index in [-0.39, 0.29) is 12.2 Å². The molecule has 32 heavy (non-hydrogen) atoms. The number of carbonyl (C=O) groups is 1. The lowest BCUT2D eigenvalue weighted by molar-refractivity contribution is 0.0987. The van der Waals surface area contributed by atoms with E-state index in [0.717, 1.165) is 28.0 Å². The number of nitrogens with zero attached hydrogens (tertiary/aromatic N) is 3. The third-order valence-corrected chi connectivity index (χ3v) is 6.44. The van der Waals surface area contributed by atoms with Crippen molar-refractivity contribution in [3.05, 3.63) is 82.8 Å². The van der Waals surface area contributed by atoms with E-state index in [1.165, 1.54) is 31.3 Å². The topological polar surface area (TPSA) is 99.7 Å². The molecule has 164 valence electrons. The number of Topliss-reactive ketones (excluding diaryl/α,β-unsaturated/α-hetero) is 1. The number of thioether (sulfide) groups is 1. The number of rotatable bonds is 7. The van der Waals surface area contributed by atoms with Crippen LogP contribution in [0, 0.1) is 6.92 Å². The highest BCUT2D eigenvalue weighted by Crippen LogP contribution is 2.43. The Morgan fingerprint density at radius 1 is 1.09 bits per heavy atom. The van der Waals surface area contributed by atoms with Gasteiger partial charge < -0.3 is 15.2 Å². The van der Waals surface area contributed by atoms with Crippen molar-refractivity contribution >= 4 is 22.7 Å². The van der Waals surface area contributed by atoms with Gasteiger partial charge in [0.05, 0.1) is 26.6 Å². The molecule has 0 amide bonds. The number of hydrogen-bond donors (Lipinski definition) is 1. The molecule has 0 fully saturated rings. The van der Waals surface area contributed by atoms with Gasteiger partial charge in [-0.25, -0.2) is 15.0 Å². The zero-order chi connectivity index (χ0) is 22.7. The van der Waals surface area contributed by atoms with Crippen molar-refractivity contribution in [2.75, 3.05) is 20.0 Å². The summed E-state index contributed by atoms with van der Waals surface area (Å²) in [7, 11) is 3.17. The smallest absolute Gasteiger partial charge is 0.232 e. The molecule has 2 aromatic carbocycles. The highest BCUT2D eigenvalue weighted by atomic mass is 32.2. The largest absolute Gasteiger partial charge is 0.496 e. The summed E-state index contributed by atoms with van der Waals surface area (Å²) in [5.74, 6) is 1.77. The molecule has 1 aliphatic rings. The monoisotopic (exact) mass is 448 g/mol. The standard InChI is InChI=1S/C24H24N4O3S/c1-15-9-18(7-8-21(15)30-2)24(14-32-23(25)28-24)17-6-4-5-16(10-17)11-20(29)19-12-27-22(31-3)13-26-19/h4-10,12-13H,11,14H2,1-3H3,(H2,25,28). The van der Waals surface area contributed by atoms with Crippen LogP contribution in [0.3, 0.4) is 0 Å². The summed E-state index contributed by atoms with van der Waals surface area (Å²) < 4.78 is 10.4. The number of ether oxygens (including phenoxy) is 2. The molecule has 0 bridgehead atoms. The average Bonchev–Trinajstić information content (AvgIpc) is 3.22. The summed E-state index contributed by atoms with van der Waals surface area (Å²) in [5, 5.41) is 0.549. The van der Waals surface area contributed by atoms with Crippen LogP contribution in [0.2, 0.25) is 0 Å². The van der Waals surface area contributed by atoms with Gasteiger partial charge in [-0.2, -0.15) is 0 Å². The minimum Gasteiger partial charge on any atom is -0.496 e. The number of aryl methyl sites for hydroxylation is 1. The van der Waals surface area contributed by atoms with Gasteiger partial charge in [0.25, 0.3) is 0 Å². The highest BCUT2D eigenvalue weighted by Gasteiger charge is 2.39. The Balaban J connectivity index is 1.67. The maximum atomic E-state index is 12.8. The Morgan fingerprint density at radius 3 is 2.53 bits per heavy atom. The zero-order valence-electron chi connectivity index (χ0n) is 18.2. The van der Waals surface area contributed by atoms with Gasteiger partial charge in [-0.15, -0.1) is 0 Å². The Bertz CT molecular complexity index is 1180. The fourth-order valence-corrected chi connectivity index (χ4v) is 4.78. The van der Waals surface area contributed by atoms with Crippen LogP contribution in [0.15, 0.2) is 59.9 Å². The number of aliphatic imine (C=N–C) groups is 1. The summed E-state index contributed by atoms with van der Waals surface area (Å²) in [6.45, 7) is 2.01. The maximum absolute atomic E-state index is 12.8. The minimum atomic E-state index is -0.620. The predicted molar refractivity (Wildman–Crippen MR) is 126 cm³/mol. The minimum absolute atomic E-state index is 0.115. The van der Waals surface area contributed by atoms with Crippen LogP contribution < -0.4 is 15.2 Å². The predicted octanol–water partition coefficient (Wildman–Crippen LogP) is 3.53. The van der Waals surface area contributed by atoms with Crippen LogP contribution in [0.1, 0.15) is 32.7 Å². The number of ketones is 1. The van der Waals surface area contributed by atoms with E-state index < -0.39 is 5.54 Å². The molecule has 0 aliphatic carbocycles. The maximum Gasteiger partial charge on any atom is 0.232 e. The molecule has 1 aliphatic heterocycles. The first-order chi connectivity index (χ1) is 15.4. The molecule has 8 heteroatoms. The Hall–Kier alpha value is -3.39. The van der Waals surface area contributed by atoms with Crippen molar-refractivity contribution in [1.29, 1.82) is 0 Å². The van der Waals surface area contributed by atoms with E-state index in [1.54, 1.807) is 7.11 Å². The Kier molecular flexibility index (Phi) is 6.14. The molecule has 1 unspecified atom stereocenters. The molecule has 1 aromatic heterocycles. The molecular weight excluding hydrogens is 424 g/mol. The molecule has 4 rings (SSSR count). The van der Waals surface area contributed by atoms with E-state index in [2.05, 4.69) is 16.0 Å². The average molecular weight is 449 g/mol. The van der Waals surface area contributed by atoms with E-state index >= 15 is 0 Å². The second-order valence-corrected chi connectivity index (χ2v) is 8.52. The molecule has 3 aromatic rings. The Labute approximate surface area is 191 Å². The van der Waals surface area contributed by atoms with Crippen molar-refractivity contribution < 1.29 is 14.3 Å². The van der Waals surface area contributed by atoms with Crippen molar-refractivity contribution in [3.8, 4) is 11.6 Å². The van der Waals surface area contributed by atoms with Crippen molar-refractivity contribution in [3.63, 3.8) is 0 Å². The molecular formula is C24H24N4O3S. The molecule has 0 saturated heterocycles. The molecule has 0 saturated carbocycles. The second-order valence-electron chi connectivity index (χ2n) is 7.53. The molecule has 2 N–H and O–H groups in total. The summed E-state index contributed by atoms with van der Waals surface area (Å²) in [4.78, 5) is 25.8. The molecule has 0 radical (unpaired) electrons. The molecule has 2 heterocycles. The number of hydrogen-bond acceptors (Lipinski definition) is 8. The lowest BCUT2D eigenvalue weighted by atomic mass is 9.83. The quantitative estimate of drug-likeness (QED) is 0.552. The van der Waals surface area contributed by atoms with Crippen LogP contribution in [-0.2, 0) is 12.0 Å². The van der Waals surface area contributed by atoms with Gasteiger partial charge in [-0.1, -0.05) is 42.1 Å². The summed E-state index contributed by atoms with van der Waals surface area (Å²) in [6.07, 6.45) is 3.09. The lowest BCUT2D eigenvalue weighted by Crippen LogP contribution is -2.26. The summed E-state index contributed by atoms with van der Waals surface area (Å²) in [6, 6.07) is 14.0. The lowest BCUT2D eigenvalue weighted by Gasteiger charge is -2.28. The first-order valence-electron chi connectivity index (χ1n) is 10.1. The van der Waals surface area contributed by atoms with Gasteiger partial charge in [0.2, 0.25) is 5.88 Å². The van der Waals surface area contributed by atoms with Crippen LogP contribution in [0.5, 0.6) is 11.6 Å². The summed E-state index contributed by atoms with van der Waals surface area (Å²) in [5.41, 5.74) is 9.71. The van der Waals surface area contributed by atoms with E-state index in [9.17, 15) is 4.79 Å². The van der Waals surface area contributed by atoms with Gasteiger partial charge in [0.1, 0.15) is 17.0 Å². The van der Waals surface area contributed by atoms with Gasteiger partial charge in [0.15, 0.2) is 11.0 Å². The van der Waals surface area contributed by atoms with Crippen LogP contribution in [0.4, 0.5) is 0 Å². The van der Waals surface area contributed by atoms with E-state index in [4.69, 9.17) is 20.2 Å². The van der Waals surface area contributed by atoms with Crippen molar-refractivity contribution in [2.45, 2.75) is 18.9 Å². The first kappa shape index (κ1) is 21.8. The molecule has 7 nitrogen and oxygen atoms in total. The number of carbonyl (C=O) groups excluding carboxylic acids is 1. The zero-order valence-corrected chi connectivity index (χ0v) is 19.0. The second kappa shape index (κ2) is 9.00. The van der Waals surface area contributed by atoms with Crippen molar-refractivity contribution in [2.24, 2.45) is 10.7 Å². The van der Waals surface area contributed by atoms with Crippen LogP contribution in [-0.4, -0.2) is 40.9 Å².